The lowest BCUT2D eigenvalue weighted by molar-refractivity contribution is 0.647. The van der Waals surface area contributed by atoms with Gasteiger partial charge in [0.2, 0.25) is 0 Å². The highest BCUT2D eigenvalue weighted by molar-refractivity contribution is 6.30. The summed E-state index contributed by atoms with van der Waals surface area (Å²) in [6, 6.07) is 18.5. The van der Waals surface area contributed by atoms with Gasteiger partial charge in [0, 0.05) is 42.5 Å². The van der Waals surface area contributed by atoms with Crippen molar-refractivity contribution in [2.24, 2.45) is 0 Å². The summed E-state index contributed by atoms with van der Waals surface area (Å²) in [4.78, 5) is 4.80. The summed E-state index contributed by atoms with van der Waals surface area (Å²) in [6.07, 6.45) is 1.89. The molecule has 1 aliphatic heterocycles. The Bertz CT molecular complexity index is 790. The number of nitrogens with one attached hydrogen (secondary N) is 1. The molecule has 0 radical (unpaired) electrons. The fourth-order valence-corrected chi connectivity index (χ4v) is 3.31. The van der Waals surface area contributed by atoms with E-state index in [1.54, 1.807) is 0 Å². The number of aromatic nitrogens is 2. The van der Waals surface area contributed by atoms with Crippen molar-refractivity contribution in [1.82, 2.24) is 10.2 Å². The maximum atomic E-state index is 6.00. The minimum Gasteiger partial charge on any atom is -0.368 e. The SMILES string of the molecule is Clc1ccc(-c2cn[nH]c2N2CCN(c3ccccc3)CC2)cc1. The largest absolute Gasteiger partial charge is 0.368 e. The molecule has 0 unspecified atom stereocenters. The smallest absolute Gasteiger partial charge is 0.132 e. The third-order valence-corrected chi connectivity index (χ3v) is 4.74. The van der Waals surface area contributed by atoms with Crippen LogP contribution in [0.25, 0.3) is 11.1 Å². The molecule has 24 heavy (non-hydrogen) atoms. The van der Waals surface area contributed by atoms with E-state index in [1.165, 1.54) is 5.69 Å². The van der Waals surface area contributed by atoms with Gasteiger partial charge in [-0.15, -0.1) is 0 Å². The van der Waals surface area contributed by atoms with E-state index < -0.39 is 0 Å². The third kappa shape index (κ3) is 2.97. The van der Waals surface area contributed by atoms with Gasteiger partial charge in [-0.25, -0.2) is 0 Å². The average molecular weight is 339 g/mol. The summed E-state index contributed by atoms with van der Waals surface area (Å²) in [5.74, 6) is 1.09. The fourth-order valence-electron chi connectivity index (χ4n) is 3.19. The molecule has 2 aromatic carbocycles. The van der Waals surface area contributed by atoms with Crippen LogP contribution in [0.5, 0.6) is 0 Å². The van der Waals surface area contributed by atoms with E-state index in [2.05, 4.69) is 50.3 Å². The van der Waals surface area contributed by atoms with Crippen LogP contribution in [0.1, 0.15) is 0 Å². The van der Waals surface area contributed by atoms with Crippen molar-refractivity contribution in [2.45, 2.75) is 0 Å². The Hall–Kier alpha value is -2.46. The van der Waals surface area contributed by atoms with Gasteiger partial charge < -0.3 is 9.80 Å². The summed E-state index contributed by atoms with van der Waals surface area (Å²) in [7, 11) is 0. The Balaban J connectivity index is 1.51. The first-order chi connectivity index (χ1) is 11.8. The van der Waals surface area contributed by atoms with E-state index in [-0.39, 0.29) is 0 Å². The molecule has 4 nitrogen and oxygen atoms in total. The summed E-state index contributed by atoms with van der Waals surface area (Å²) in [6.45, 7) is 3.95. The molecule has 3 aromatic rings. The van der Waals surface area contributed by atoms with Crippen LogP contribution in [0, 0.1) is 0 Å². The summed E-state index contributed by atoms with van der Waals surface area (Å²) >= 11 is 6.00. The zero-order chi connectivity index (χ0) is 16.4. The van der Waals surface area contributed by atoms with Crippen molar-refractivity contribution < 1.29 is 0 Å². The van der Waals surface area contributed by atoms with Crippen LogP contribution < -0.4 is 9.80 Å². The Morgan fingerprint density at radius 3 is 2.21 bits per heavy atom. The lowest BCUT2D eigenvalue weighted by atomic mass is 10.1. The van der Waals surface area contributed by atoms with Crippen LogP contribution in [0.4, 0.5) is 11.5 Å². The molecule has 122 valence electrons. The molecule has 1 N–H and O–H groups in total. The molecule has 4 rings (SSSR count). The van der Waals surface area contributed by atoms with Crippen molar-refractivity contribution in [3.05, 3.63) is 65.8 Å². The molecular weight excluding hydrogens is 320 g/mol. The highest BCUT2D eigenvalue weighted by Gasteiger charge is 2.21. The van der Waals surface area contributed by atoms with E-state index in [9.17, 15) is 0 Å². The minimum absolute atomic E-state index is 0.750. The Labute approximate surface area is 146 Å². The highest BCUT2D eigenvalue weighted by Crippen LogP contribution is 2.30. The molecule has 0 bridgehead atoms. The van der Waals surface area contributed by atoms with Crippen LogP contribution in [0.15, 0.2) is 60.8 Å². The number of anilines is 2. The van der Waals surface area contributed by atoms with E-state index in [1.807, 2.05) is 30.5 Å². The van der Waals surface area contributed by atoms with Crippen molar-refractivity contribution in [3.8, 4) is 11.1 Å². The molecular formula is C19H19ClN4. The maximum Gasteiger partial charge on any atom is 0.132 e. The van der Waals surface area contributed by atoms with E-state index in [0.29, 0.717) is 0 Å². The van der Waals surface area contributed by atoms with Gasteiger partial charge >= 0.3 is 0 Å². The Morgan fingerprint density at radius 2 is 1.50 bits per heavy atom. The molecule has 1 fully saturated rings. The fraction of sp³-hybridized carbons (Fsp3) is 0.211. The lowest BCUT2D eigenvalue weighted by Gasteiger charge is -2.37. The number of hydrogen-bond donors (Lipinski definition) is 1. The van der Waals surface area contributed by atoms with Gasteiger partial charge in [0.25, 0.3) is 0 Å². The average Bonchev–Trinajstić information content (AvgIpc) is 3.13. The number of hydrogen-bond acceptors (Lipinski definition) is 3. The molecule has 0 spiro atoms. The normalized spacial score (nSPS) is 14.9. The van der Waals surface area contributed by atoms with Crippen molar-refractivity contribution in [1.29, 1.82) is 0 Å². The second-order valence-electron chi connectivity index (χ2n) is 5.95. The number of benzene rings is 2. The quantitative estimate of drug-likeness (QED) is 0.782. The number of halogens is 1. The number of nitrogens with zero attached hydrogens (tertiary/aromatic N) is 3. The summed E-state index contributed by atoms with van der Waals surface area (Å²) < 4.78 is 0. The number of aromatic amines is 1. The summed E-state index contributed by atoms with van der Waals surface area (Å²) in [5.41, 5.74) is 3.55. The van der Waals surface area contributed by atoms with Crippen LogP contribution in [-0.2, 0) is 0 Å². The molecule has 1 aromatic heterocycles. The van der Waals surface area contributed by atoms with Gasteiger partial charge in [0.05, 0.1) is 6.20 Å². The van der Waals surface area contributed by atoms with Gasteiger partial charge in [-0.3, -0.25) is 5.10 Å². The maximum absolute atomic E-state index is 6.00. The zero-order valence-corrected chi connectivity index (χ0v) is 14.1. The van der Waals surface area contributed by atoms with Gasteiger partial charge in [0.15, 0.2) is 0 Å². The predicted octanol–water partition coefficient (Wildman–Crippen LogP) is 4.06. The minimum atomic E-state index is 0.750. The second-order valence-corrected chi connectivity index (χ2v) is 6.39. The molecule has 1 aliphatic rings. The summed E-state index contributed by atoms with van der Waals surface area (Å²) in [5, 5.41) is 8.18. The van der Waals surface area contributed by atoms with Crippen LogP contribution >= 0.6 is 11.6 Å². The van der Waals surface area contributed by atoms with E-state index in [0.717, 1.165) is 48.1 Å². The number of rotatable bonds is 3. The molecule has 1 saturated heterocycles. The monoisotopic (exact) mass is 338 g/mol. The number of H-pyrrole nitrogens is 1. The number of para-hydroxylation sites is 1. The van der Waals surface area contributed by atoms with Crippen LogP contribution in [0.2, 0.25) is 5.02 Å². The molecule has 2 heterocycles. The molecule has 0 saturated carbocycles. The highest BCUT2D eigenvalue weighted by atomic mass is 35.5. The predicted molar refractivity (Wildman–Crippen MR) is 99.9 cm³/mol. The lowest BCUT2D eigenvalue weighted by Crippen LogP contribution is -2.46. The van der Waals surface area contributed by atoms with Gasteiger partial charge in [0.1, 0.15) is 5.82 Å². The molecule has 0 aliphatic carbocycles. The van der Waals surface area contributed by atoms with E-state index >= 15 is 0 Å². The standard InChI is InChI=1S/C19H19ClN4/c20-16-8-6-15(7-9-16)18-14-21-22-19(18)24-12-10-23(11-13-24)17-4-2-1-3-5-17/h1-9,14H,10-13H2,(H,21,22). The third-order valence-electron chi connectivity index (χ3n) is 4.49. The second kappa shape index (κ2) is 6.57. The first-order valence-electron chi connectivity index (χ1n) is 8.15. The van der Waals surface area contributed by atoms with Gasteiger partial charge in [-0.2, -0.15) is 5.10 Å². The van der Waals surface area contributed by atoms with Crippen molar-refractivity contribution in [3.63, 3.8) is 0 Å². The van der Waals surface area contributed by atoms with Crippen molar-refractivity contribution in [2.75, 3.05) is 36.0 Å². The molecule has 5 heteroatoms. The Morgan fingerprint density at radius 1 is 0.833 bits per heavy atom. The van der Waals surface area contributed by atoms with Crippen molar-refractivity contribution >= 4 is 23.1 Å². The van der Waals surface area contributed by atoms with E-state index in [4.69, 9.17) is 11.6 Å². The van der Waals surface area contributed by atoms with Gasteiger partial charge in [-0.05, 0) is 29.8 Å². The zero-order valence-electron chi connectivity index (χ0n) is 13.3. The topological polar surface area (TPSA) is 35.2 Å². The first-order valence-corrected chi connectivity index (χ1v) is 8.53. The molecule has 0 amide bonds. The Kier molecular flexibility index (Phi) is 4.13. The molecule has 0 atom stereocenters. The first kappa shape index (κ1) is 15.1. The van der Waals surface area contributed by atoms with Gasteiger partial charge in [-0.1, -0.05) is 41.9 Å². The van der Waals surface area contributed by atoms with Crippen LogP contribution in [-0.4, -0.2) is 36.4 Å². The van der Waals surface area contributed by atoms with Crippen LogP contribution in [0.3, 0.4) is 0 Å². The number of piperazine rings is 1.